The van der Waals surface area contributed by atoms with Crippen molar-refractivity contribution in [2.75, 3.05) is 62.0 Å². The van der Waals surface area contributed by atoms with Crippen LogP contribution in [0.15, 0.2) is 54.6 Å². The van der Waals surface area contributed by atoms with Crippen LogP contribution in [0.25, 0.3) is 0 Å². The van der Waals surface area contributed by atoms with Crippen LogP contribution in [0.4, 0.5) is 23.5 Å². The van der Waals surface area contributed by atoms with Crippen LogP contribution in [0, 0.1) is 0 Å². The molecule has 0 unspecified atom stereocenters. The average Bonchev–Trinajstić information content (AvgIpc) is 2.90. The van der Waals surface area contributed by atoms with Crippen LogP contribution in [-0.4, -0.2) is 73.0 Å². The first-order valence-corrected chi connectivity index (χ1v) is 12.8. The van der Waals surface area contributed by atoms with Gasteiger partial charge in [0.25, 0.3) is 5.91 Å². The van der Waals surface area contributed by atoms with E-state index >= 15 is 0 Å². The van der Waals surface area contributed by atoms with Gasteiger partial charge >= 0.3 is 0 Å². The van der Waals surface area contributed by atoms with E-state index in [4.69, 9.17) is 15.2 Å². The molecule has 11 nitrogen and oxygen atoms in total. The van der Waals surface area contributed by atoms with Crippen molar-refractivity contribution in [1.82, 2.24) is 20.3 Å². The molecule has 38 heavy (non-hydrogen) atoms. The maximum atomic E-state index is 12.6. The van der Waals surface area contributed by atoms with E-state index in [0.29, 0.717) is 75.2 Å². The maximum absolute atomic E-state index is 12.6. The molecule has 1 heterocycles. The van der Waals surface area contributed by atoms with Crippen LogP contribution in [-0.2, 0) is 15.9 Å². The standard InChI is InChI=1S/C27H38N8O3/c1-20(2)31-26-33-25(30-13-11-21-7-4-3-5-8-21)34-27(35-26)32-23-10-6-9-22(19-23)24(36)29-14-16-38-18-17-37-15-12-28/h3-10,19-20H,11-18,28H2,1-2H3,(H,29,36)(H3,30,31,32,33,34,35). The van der Waals surface area contributed by atoms with E-state index in [-0.39, 0.29) is 11.9 Å². The van der Waals surface area contributed by atoms with Gasteiger partial charge in [0.2, 0.25) is 17.8 Å². The summed E-state index contributed by atoms with van der Waals surface area (Å²) in [5.74, 6) is 1.09. The first kappa shape index (κ1) is 28.8. The van der Waals surface area contributed by atoms with E-state index in [1.54, 1.807) is 18.2 Å². The maximum Gasteiger partial charge on any atom is 0.251 e. The number of rotatable bonds is 17. The molecule has 0 saturated heterocycles. The number of aromatic nitrogens is 3. The highest BCUT2D eigenvalue weighted by molar-refractivity contribution is 5.95. The molecule has 6 N–H and O–H groups in total. The van der Waals surface area contributed by atoms with E-state index < -0.39 is 0 Å². The normalized spacial score (nSPS) is 10.8. The average molecular weight is 523 g/mol. The molecule has 1 amide bonds. The summed E-state index contributed by atoms with van der Waals surface area (Å²) >= 11 is 0. The molecule has 0 bridgehead atoms. The van der Waals surface area contributed by atoms with Gasteiger partial charge in [0.15, 0.2) is 0 Å². The third-order valence-electron chi connectivity index (χ3n) is 5.14. The molecule has 0 atom stereocenters. The second kappa shape index (κ2) is 16.1. The highest BCUT2D eigenvalue weighted by Crippen LogP contribution is 2.18. The molecule has 11 heteroatoms. The van der Waals surface area contributed by atoms with Crippen molar-refractivity contribution in [1.29, 1.82) is 0 Å². The van der Waals surface area contributed by atoms with Crippen molar-refractivity contribution in [3.05, 3.63) is 65.7 Å². The summed E-state index contributed by atoms with van der Waals surface area (Å²) in [6.07, 6.45) is 0.840. The molecule has 3 aromatic rings. The number of carbonyl (C=O) groups is 1. The number of hydrogen-bond acceptors (Lipinski definition) is 10. The highest BCUT2D eigenvalue weighted by atomic mass is 16.5. The smallest absolute Gasteiger partial charge is 0.251 e. The summed E-state index contributed by atoms with van der Waals surface area (Å²) < 4.78 is 10.7. The van der Waals surface area contributed by atoms with Crippen molar-refractivity contribution in [3.63, 3.8) is 0 Å². The molecule has 0 radical (unpaired) electrons. The van der Waals surface area contributed by atoms with E-state index in [2.05, 4.69) is 48.4 Å². The summed E-state index contributed by atoms with van der Waals surface area (Å²) in [5, 5.41) is 12.6. The minimum atomic E-state index is -0.197. The first-order chi connectivity index (χ1) is 18.5. The monoisotopic (exact) mass is 522 g/mol. The molecule has 0 aliphatic carbocycles. The molecule has 3 rings (SSSR count). The largest absolute Gasteiger partial charge is 0.378 e. The Labute approximate surface area is 224 Å². The van der Waals surface area contributed by atoms with E-state index in [1.807, 2.05) is 38.1 Å². The van der Waals surface area contributed by atoms with Gasteiger partial charge in [-0.25, -0.2) is 0 Å². The van der Waals surface area contributed by atoms with Crippen LogP contribution in [0.3, 0.4) is 0 Å². The third kappa shape index (κ3) is 10.7. The van der Waals surface area contributed by atoms with Crippen LogP contribution in [0.1, 0.15) is 29.8 Å². The number of nitrogens with two attached hydrogens (primary N) is 1. The minimum Gasteiger partial charge on any atom is -0.378 e. The number of hydrogen-bond donors (Lipinski definition) is 5. The molecule has 1 aromatic heterocycles. The summed E-state index contributed by atoms with van der Waals surface area (Å²) in [5.41, 5.74) is 7.79. The van der Waals surface area contributed by atoms with Gasteiger partial charge in [-0.2, -0.15) is 15.0 Å². The van der Waals surface area contributed by atoms with Crippen molar-refractivity contribution < 1.29 is 14.3 Å². The summed E-state index contributed by atoms with van der Waals surface area (Å²) in [7, 11) is 0. The van der Waals surface area contributed by atoms with Gasteiger partial charge in [0, 0.05) is 36.9 Å². The summed E-state index contributed by atoms with van der Waals surface area (Å²) in [4.78, 5) is 26.1. The van der Waals surface area contributed by atoms with Crippen LogP contribution >= 0.6 is 0 Å². The molecule has 204 valence electrons. The van der Waals surface area contributed by atoms with Gasteiger partial charge in [0.1, 0.15) is 0 Å². The summed E-state index contributed by atoms with van der Waals surface area (Å²) in [6, 6.07) is 17.5. The summed E-state index contributed by atoms with van der Waals surface area (Å²) in [6.45, 7) is 7.43. The van der Waals surface area contributed by atoms with E-state index in [9.17, 15) is 4.79 Å². The Bertz CT molecular complexity index is 1110. The first-order valence-electron chi connectivity index (χ1n) is 12.8. The Hall–Kier alpha value is -3.80. The number of carbonyl (C=O) groups excluding carboxylic acids is 1. The molecule has 0 aliphatic heterocycles. The van der Waals surface area contributed by atoms with Crippen molar-refractivity contribution >= 4 is 29.4 Å². The lowest BCUT2D eigenvalue weighted by Crippen LogP contribution is -2.27. The lowest BCUT2D eigenvalue weighted by Gasteiger charge is -2.13. The zero-order valence-electron chi connectivity index (χ0n) is 22.1. The number of benzene rings is 2. The third-order valence-corrected chi connectivity index (χ3v) is 5.14. The van der Waals surface area contributed by atoms with Gasteiger partial charge in [-0.1, -0.05) is 36.4 Å². The highest BCUT2D eigenvalue weighted by Gasteiger charge is 2.10. The fourth-order valence-electron chi connectivity index (χ4n) is 3.41. The predicted molar refractivity (Wildman–Crippen MR) is 150 cm³/mol. The number of nitrogens with one attached hydrogen (secondary N) is 4. The Morgan fingerprint density at radius 1 is 0.868 bits per heavy atom. The number of amides is 1. The Morgan fingerprint density at radius 2 is 1.61 bits per heavy atom. The predicted octanol–water partition coefficient (Wildman–Crippen LogP) is 2.81. The zero-order chi connectivity index (χ0) is 27.0. The number of anilines is 4. The second-order valence-corrected chi connectivity index (χ2v) is 8.74. The Kier molecular flexibility index (Phi) is 12.2. The molecule has 0 saturated carbocycles. The minimum absolute atomic E-state index is 0.150. The van der Waals surface area contributed by atoms with Gasteiger partial charge in [-0.05, 0) is 44.0 Å². The Morgan fingerprint density at radius 3 is 2.37 bits per heavy atom. The van der Waals surface area contributed by atoms with Gasteiger partial charge in [0.05, 0.1) is 26.4 Å². The molecule has 0 aliphatic rings. The lowest BCUT2D eigenvalue weighted by atomic mass is 10.1. The van der Waals surface area contributed by atoms with Crippen molar-refractivity contribution in [2.45, 2.75) is 26.3 Å². The zero-order valence-corrected chi connectivity index (χ0v) is 22.1. The SMILES string of the molecule is CC(C)Nc1nc(NCCc2ccccc2)nc(Nc2cccc(C(=O)NCCOCCOCCN)c2)n1. The second-order valence-electron chi connectivity index (χ2n) is 8.74. The van der Waals surface area contributed by atoms with Gasteiger partial charge in [-0.3, -0.25) is 4.79 Å². The Balaban J connectivity index is 1.56. The van der Waals surface area contributed by atoms with Crippen LogP contribution in [0.2, 0.25) is 0 Å². The van der Waals surface area contributed by atoms with Crippen molar-refractivity contribution in [2.24, 2.45) is 5.73 Å². The van der Waals surface area contributed by atoms with Crippen LogP contribution in [0.5, 0.6) is 0 Å². The van der Waals surface area contributed by atoms with E-state index in [1.165, 1.54) is 5.56 Å². The van der Waals surface area contributed by atoms with Crippen molar-refractivity contribution in [3.8, 4) is 0 Å². The molecular formula is C27H38N8O3. The molecular weight excluding hydrogens is 484 g/mol. The molecule has 0 spiro atoms. The lowest BCUT2D eigenvalue weighted by molar-refractivity contribution is 0.0511. The topological polar surface area (TPSA) is 148 Å². The van der Waals surface area contributed by atoms with Gasteiger partial charge in [-0.15, -0.1) is 0 Å². The fourth-order valence-corrected chi connectivity index (χ4v) is 3.41. The number of ether oxygens (including phenoxy) is 2. The molecule has 2 aromatic carbocycles. The molecule has 0 fully saturated rings. The van der Waals surface area contributed by atoms with Gasteiger partial charge < -0.3 is 36.5 Å². The quantitative estimate of drug-likeness (QED) is 0.168. The van der Waals surface area contributed by atoms with Crippen LogP contribution < -0.4 is 27.0 Å². The fraction of sp³-hybridized carbons (Fsp3) is 0.407. The van der Waals surface area contributed by atoms with E-state index in [0.717, 1.165) is 6.42 Å². The number of nitrogens with zero attached hydrogens (tertiary/aromatic N) is 3.